The van der Waals surface area contributed by atoms with Crippen molar-refractivity contribution in [3.05, 3.63) is 94.2 Å². The molecule has 0 radical (unpaired) electrons. The second-order valence-electron chi connectivity index (χ2n) is 8.96. The minimum absolute atomic E-state index is 0.0553. The first kappa shape index (κ1) is 23.0. The fourth-order valence-electron chi connectivity index (χ4n) is 4.52. The van der Waals surface area contributed by atoms with Crippen LogP contribution in [0.5, 0.6) is 5.75 Å². The molecule has 3 aromatic carbocycles. The van der Waals surface area contributed by atoms with Crippen LogP contribution in [0, 0.1) is 6.92 Å². The Kier molecular flexibility index (Phi) is 6.22. The highest BCUT2D eigenvalue weighted by Crippen LogP contribution is 2.33. The number of carbonyl (C=O) groups excluding carboxylic acids is 2. The van der Waals surface area contributed by atoms with Gasteiger partial charge in [-0.1, -0.05) is 35.9 Å². The third kappa shape index (κ3) is 4.88. The largest absolute Gasteiger partial charge is 0.449 e. The van der Waals surface area contributed by atoms with E-state index in [2.05, 4.69) is 48.3 Å². The number of ether oxygens (including phenoxy) is 1. The lowest BCUT2D eigenvalue weighted by Crippen LogP contribution is -2.53. The van der Waals surface area contributed by atoms with Crippen molar-refractivity contribution in [2.45, 2.75) is 19.9 Å². The fraction of sp³-hybridized carbons (Fsp3) is 0.214. The maximum atomic E-state index is 13.3. The van der Waals surface area contributed by atoms with Crippen LogP contribution in [-0.4, -0.2) is 42.4 Å². The molecule has 0 unspecified atom stereocenters. The first-order valence-electron chi connectivity index (χ1n) is 11.6. The summed E-state index contributed by atoms with van der Waals surface area (Å²) in [5, 5.41) is 3.47. The van der Waals surface area contributed by atoms with Crippen molar-refractivity contribution in [1.29, 1.82) is 0 Å². The molecule has 2 aliphatic heterocycles. The van der Waals surface area contributed by atoms with Crippen LogP contribution in [-0.2, 0) is 4.79 Å². The van der Waals surface area contributed by atoms with Gasteiger partial charge < -0.3 is 19.9 Å². The normalized spacial score (nSPS) is 18.7. The van der Waals surface area contributed by atoms with Crippen LogP contribution in [0.15, 0.2) is 72.5 Å². The van der Waals surface area contributed by atoms with Gasteiger partial charge in [0, 0.05) is 41.9 Å². The van der Waals surface area contributed by atoms with Crippen LogP contribution >= 0.6 is 11.6 Å². The summed E-state index contributed by atoms with van der Waals surface area (Å²) in [4.78, 5) is 30.1. The molecule has 2 aliphatic rings. The monoisotopic (exact) mass is 487 g/mol. The Morgan fingerprint density at radius 3 is 2.63 bits per heavy atom. The van der Waals surface area contributed by atoms with E-state index in [1.165, 1.54) is 11.3 Å². The number of hydrogen-bond donors (Lipinski definition) is 1. The number of amides is 2. The second-order valence-corrected chi connectivity index (χ2v) is 9.40. The Bertz CT molecular complexity index is 1320. The first-order valence-corrected chi connectivity index (χ1v) is 12.0. The lowest BCUT2D eigenvalue weighted by molar-refractivity contribution is -0.115. The van der Waals surface area contributed by atoms with E-state index >= 15 is 0 Å². The maximum absolute atomic E-state index is 13.3. The van der Waals surface area contributed by atoms with Gasteiger partial charge in [-0.3, -0.25) is 9.59 Å². The van der Waals surface area contributed by atoms with E-state index < -0.39 is 0 Å². The molecule has 35 heavy (non-hydrogen) atoms. The molecule has 5 rings (SSSR count). The Morgan fingerprint density at radius 2 is 1.89 bits per heavy atom. The van der Waals surface area contributed by atoms with Gasteiger partial charge in [-0.15, -0.1) is 0 Å². The van der Waals surface area contributed by atoms with Crippen molar-refractivity contribution < 1.29 is 14.3 Å². The SMILES string of the molecule is Cc1cccc(N2CCN(C(=O)c3ccc4c(c3)NC(=O)/C(=C/c3ccc(Cl)cc3)O4)C[C@@H]2C)c1. The summed E-state index contributed by atoms with van der Waals surface area (Å²) in [5.74, 6) is 0.261. The molecule has 1 atom stereocenters. The highest BCUT2D eigenvalue weighted by molar-refractivity contribution is 6.30. The molecule has 1 fully saturated rings. The molecule has 1 N–H and O–H groups in total. The average molecular weight is 488 g/mol. The van der Waals surface area contributed by atoms with Gasteiger partial charge in [-0.25, -0.2) is 0 Å². The number of hydrogen-bond acceptors (Lipinski definition) is 4. The molecule has 0 spiro atoms. The smallest absolute Gasteiger partial charge is 0.291 e. The predicted molar refractivity (Wildman–Crippen MR) is 139 cm³/mol. The molecule has 6 nitrogen and oxygen atoms in total. The van der Waals surface area contributed by atoms with E-state index in [1.54, 1.807) is 36.4 Å². The van der Waals surface area contributed by atoms with Crippen LogP contribution in [0.4, 0.5) is 11.4 Å². The number of rotatable bonds is 3. The Morgan fingerprint density at radius 1 is 1.09 bits per heavy atom. The standard InChI is InChI=1S/C28H26ClN3O3/c1-18-4-3-5-23(14-18)32-13-12-31(17-19(32)2)28(34)21-8-11-25-24(16-21)30-27(33)26(35-25)15-20-6-9-22(29)10-7-20/h3-11,14-16,19H,12-13,17H2,1-2H3,(H,30,33)/b26-15-/t19-/m0/s1. The summed E-state index contributed by atoms with van der Waals surface area (Å²) in [6.07, 6.45) is 1.66. The van der Waals surface area contributed by atoms with Crippen molar-refractivity contribution in [2.75, 3.05) is 29.9 Å². The van der Waals surface area contributed by atoms with Crippen LogP contribution in [0.25, 0.3) is 6.08 Å². The molecule has 178 valence electrons. The molecule has 0 bridgehead atoms. The first-order chi connectivity index (χ1) is 16.9. The number of benzene rings is 3. The number of fused-ring (bicyclic) bond motifs is 1. The van der Waals surface area contributed by atoms with Crippen molar-refractivity contribution in [2.24, 2.45) is 0 Å². The number of anilines is 2. The van der Waals surface area contributed by atoms with E-state index in [0.29, 0.717) is 35.1 Å². The van der Waals surface area contributed by atoms with Crippen molar-refractivity contribution in [3.8, 4) is 5.75 Å². The minimum Gasteiger partial charge on any atom is -0.449 e. The van der Waals surface area contributed by atoms with E-state index in [0.717, 1.165) is 12.1 Å². The quantitative estimate of drug-likeness (QED) is 0.504. The number of halogens is 1. The van der Waals surface area contributed by atoms with E-state index in [-0.39, 0.29) is 23.6 Å². The molecule has 0 aliphatic carbocycles. The van der Waals surface area contributed by atoms with Gasteiger partial charge in [0.25, 0.3) is 11.8 Å². The molecular weight excluding hydrogens is 462 g/mol. The van der Waals surface area contributed by atoms with Crippen molar-refractivity contribution in [1.82, 2.24) is 4.90 Å². The van der Waals surface area contributed by atoms with Gasteiger partial charge >= 0.3 is 0 Å². The van der Waals surface area contributed by atoms with Gasteiger partial charge in [0.2, 0.25) is 0 Å². The third-order valence-corrected chi connectivity index (χ3v) is 6.59. The zero-order valence-corrected chi connectivity index (χ0v) is 20.4. The van der Waals surface area contributed by atoms with Gasteiger partial charge in [0.05, 0.1) is 5.69 Å². The second kappa shape index (κ2) is 9.47. The number of nitrogens with one attached hydrogen (secondary N) is 1. The number of piperazine rings is 1. The lowest BCUT2D eigenvalue weighted by atomic mass is 10.1. The van der Waals surface area contributed by atoms with E-state index in [4.69, 9.17) is 16.3 Å². The number of carbonyl (C=O) groups is 2. The van der Waals surface area contributed by atoms with Gasteiger partial charge in [0.15, 0.2) is 11.5 Å². The minimum atomic E-state index is -0.363. The van der Waals surface area contributed by atoms with Crippen LogP contribution in [0.1, 0.15) is 28.4 Å². The van der Waals surface area contributed by atoms with Crippen molar-refractivity contribution in [3.63, 3.8) is 0 Å². The predicted octanol–water partition coefficient (Wildman–Crippen LogP) is 5.37. The van der Waals surface area contributed by atoms with Crippen molar-refractivity contribution >= 4 is 40.9 Å². The Balaban J connectivity index is 1.29. The summed E-state index contributed by atoms with van der Waals surface area (Å²) in [6.45, 7) is 6.24. The van der Waals surface area contributed by atoms with Gasteiger partial charge in [-0.2, -0.15) is 0 Å². The highest BCUT2D eigenvalue weighted by Gasteiger charge is 2.29. The van der Waals surface area contributed by atoms with Crippen LogP contribution < -0.4 is 15.0 Å². The van der Waals surface area contributed by atoms with Crippen LogP contribution in [0.2, 0.25) is 5.02 Å². The topological polar surface area (TPSA) is 61.9 Å². The third-order valence-electron chi connectivity index (χ3n) is 6.33. The van der Waals surface area contributed by atoms with E-state index in [9.17, 15) is 9.59 Å². The summed E-state index contributed by atoms with van der Waals surface area (Å²) >= 11 is 5.93. The van der Waals surface area contributed by atoms with Crippen LogP contribution in [0.3, 0.4) is 0 Å². The van der Waals surface area contributed by atoms with Gasteiger partial charge in [-0.05, 0) is 73.5 Å². The zero-order chi connectivity index (χ0) is 24.5. The zero-order valence-electron chi connectivity index (χ0n) is 19.6. The molecule has 3 aromatic rings. The number of nitrogens with zero attached hydrogens (tertiary/aromatic N) is 2. The highest BCUT2D eigenvalue weighted by atomic mass is 35.5. The summed E-state index contributed by atoms with van der Waals surface area (Å²) in [7, 11) is 0. The molecular formula is C28H26ClN3O3. The Hall–Kier alpha value is -3.77. The van der Waals surface area contributed by atoms with E-state index in [1.807, 2.05) is 17.0 Å². The molecule has 2 amide bonds. The summed E-state index contributed by atoms with van der Waals surface area (Å²) in [5.41, 5.74) is 4.21. The molecule has 0 aromatic heterocycles. The average Bonchev–Trinajstić information content (AvgIpc) is 2.85. The molecule has 2 heterocycles. The summed E-state index contributed by atoms with van der Waals surface area (Å²) in [6, 6.07) is 20.9. The number of aryl methyl sites for hydroxylation is 1. The fourth-order valence-corrected chi connectivity index (χ4v) is 4.64. The maximum Gasteiger partial charge on any atom is 0.291 e. The molecule has 1 saturated heterocycles. The van der Waals surface area contributed by atoms with Gasteiger partial charge in [0.1, 0.15) is 0 Å². The molecule has 0 saturated carbocycles. The Labute approximate surface area is 209 Å². The molecule has 7 heteroatoms. The lowest BCUT2D eigenvalue weighted by Gasteiger charge is -2.41. The summed E-state index contributed by atoms with van der Waals surface area (Å²) < 4.78 is 5.83.